The number of nitrogens with zero attached hydrogens (tertiary/aromatic N) is 3. The Labute approximate surface area is 230 Å². The summed E-state index contributed by atoms with van der Waals surface area (Å²) in [5.41, 5.74) is 4.47. The van der Waals surface area contributed by atoms with Crippen LogP contribution in [0.15, 0.2) is 88.3 Å². The first-order chi connectivity index (χ1) is 17.4. The smallest absolute Gasteiger partial charge is 0.324 e. The Kier molecular flexibility index (Phi) is 8.68. The number of hydrogen-bond acceptors (Lipinski definition) is 2. The van der Waals surface area contributed by atoms with Crippen molar-refractivity contribution in [1.29, 1.82) is 0 Å². The van der Waals surface area contributed by atoms with Crippen molar-refractivity contribution in [2.45, 2.75) is 13.1 Å². The van der Waals surface area contributed by atoms with Crippen LogP contribution in [0.1, 0.15) is 0 Å². The van der Waals surface area contributed by atoms with Crippen molar-refractivity contribution in [2.75, 3.05) is 12.3 Å². The van der Waals surface area contributed by atoms with Crippen molar-refractivity contribution in [3.63, 3.8) is 0 Å². The molecule has 3 aromatic heterocycles. The molecule has 0 saturated heterocycles. The van der Waals surface area contributed by atoms with E-state index < -0.39 is 15.2 Å². The molecule has 194 valence electrons. The molecule has 0 bridgehead atoms. The summed E-state index contributed by atoms with van der Waals surface area (Å²) in [5, 5.41) is 0. The van der Waals surface area contributed by atoms with E-state index in [2.05, 4.69) is 36.4 Å². The minimum absolute atomic E-state index is 0.201. The zero-order valence-corrected chi connectivity index (χ0v) is 24.4. The fourth-order valence-electron chi connectivity index (χ4n) is 3.88. The lowest BCUT2D eigenvalue weighted by Crippen LogP contribution is -2.34. The summed E-state index contributed by atoms with van der Waals surface area (Å²) in [4.78, 5) is 36.7. The molecular weight excluding hydrogens is 648 g/mol. The summed E-state index contributed by atoms with van der Waals surface area (Å²) >= 11 is 7.50. The van der Waals surface area contributed by atoms with Gasteiger partial charge in [-0.25, -0.2) is 9.13 Å². The molecule has 0 unspecified atom stereocenters. The molecule has 0 spiro atoms. The molecule has 0 fully saturated rings. The van der Waals surface area contributed by atoms with Crippen molar-refractivity contribution < 1.29 is 37.8 Å². The van der Waals surface area contributed by atoms with Crippen LogP contribution in [0.3, 0.4) is 0 Å². The molecule has 0 radical (unpaired) electrons. The van der Waals surface area contributed by atoms with Gasteiger partial charge in [0.05, 0.1) is 20.3 Å². The average Bonchev–Trinajstić information content (AvgIpc) is 3.12. The molecule has 9 nitrogen and oxygen atoms in total. The molecule has 0 aliphatic heterocycles. The number of aromatic nitrogens is 3. The van der Waals surface area contributed by atoms with Gasteiger partial charge in [-0.1, -0.05) is 18.2 Å². The predicted octanol–water partition coefficient (Wildman–Crippen LogP) is 4.27. The van der Waals surface area contributed by atoms with Gasteiger partial charge in [0.1, 0.15) is 12.3 Å². The second-order valence-corrected chi connectivity index (χ2v) is 13.6. The van der Waals surface area contributed by atoms with Crippen LogP contribution in [0, 0.1) is 0 Å². The highest BCUT2D eigenvalue weighted by Crippen LogP contribution is 2.45. The molecule has 4 rings (SSSR count). The maximum atomic E-state index is 11.2. The molecule has 4 N–H and O–H groups in total. The van der Waals surface area contributed by atoms with Crippen LogP contribution >= 0.6 is 47.1 Å². The van der Waals surface area contributed by atoms with E-state index in [0.29, 0.717) is 0 Å². The second kappa shape index (κ2) is 11.4. The molecule has 37 heavy (non-hydrogen) atoms. The Bertz CT molecular complexity index is 1390. The Balaban J connectivity index is 1.78. The van der Waals surface area contributed by atoms with E-state index in [1.165, 1.54) is 0 Å². The third-order valence-corrected chi connectivity index (χ3v) is 9.34. The highest BCUT2D eigenvalue weighted by Gasteiger charge is 2.25. The van der Waals surface area contributed by atoms with Gasteiger partial charge in [-0.3, -0.25) is 9.13 Å². The van der Waals surface area contributed by atoms with E-state index in [0.717, 1.165) is 37.1 Å². The monoisotopic (exact) mass is 671 g/mol. The van der Waals surface area contributed by atoms with Crippen LogP contribution in [0.2, 0.25) is 0 Å². The van der Waals surface area contributed by atoms with Crippen molar-refractivity contribution in [3.05, 3.63) is 88.3 Å². The minimum Gasteiger partial charge on any atom is -0.324 e. The van der Waals surface area contributed by atoms with Crippen LogP contribution in [0.5, 0.6) is 0 Å². The van der Waals surface area contributed by atoms with Crippen LogP contribution in [-0.4, -0.2) is 36.5 Å². The Hall–Kier alpha value is -1.94. The molecule has 0 saturated carbocycles. The highest BCUT2D eigenvalue weighted by atomic mass is 79.9. The number of hydrogen-bond donors (Lipinski definition) is 4. The lowest BCUT2D eigenvalue weighted by atomic mass is 10.2. The molecule has 0 aliphatic rings. The molecule has 4 aromatic rings. The predicted molar refractivity (Wildman–Crippen MR) is 146 cm³/mol. The number of benzene rings is 1. The summed E-state index contributed by atoms with van der Waals surface area (Å²) in [6.45, 7) is 0.402. The third kappa shape index (κ3) is 7.13. The average molecular weight is 673 g/mol. The largest absolute Gasteiger partial charge is 0.331 e. The minimum atomic E-state index is -4.09. The Morgan fingerprint density at radius 1 is 0.649 bits per heavy atom. The lowest BCUT2D eigenvalue weighted by Gasteiger charge is -2.14. The first kappa shape index (κ1) is 28.1. The Morgan fingerprint density at radius 3 is 1.38 bits per heavy atom. The lowest BCUT2D eigenvalue weighted by molar-refractivity contribution is -0.692. The van der Waals surface area contributed by atoms with E-state index in [1.54, 1.807) is 33.9 Å². The summed E-state index contributed by atoms with van der Waals surface area (Å²) in [5.74, 6) is 0. The van der Waals surface area contributed by atoms with Gasteiger partial charge in [-0.15, -0.1) is 0 Å². The third-order valence-electron chi connectivity index (χ3n) is 5.70. The second-order valence-electron chi connectivity index (χ2n) is 8.42. The van der Waals surface area contributed by atoms with Gasteiger partial charge in [0.25, 0.3) is 0 Å². The van der Waals surface area contributed by atoms with Crippen molar-refractivity contribution in [2.24, 2.45) is 0 Å². The fourth-order valence-corrected chi connectivity index (χ4v) is 6.05. The van der Waals surface area contributed by atoms with E-state index in [9.17, 15) is 28.7 Å². The maximum Gasteiger partial charge on any atom is 0.331 e. The zero-order chi connectivity index (χ0) is 26.8. The molecular formula is C24H25Br2N3O6P2+2. The summed E-state index contributed by atoms with van der Waals surface area (Å²) < 4.78 is 29.7. The first-order valence-electron chi connectivity index (χ1n) is 11.2. The van der Waals surface area contributed by atoms with Gasteiger partial charge in [0.2, 0.25) is 0 Å². The number of halogens is 2. The van der Waals surface area contributed by atoms with Gasteiger partial charge in [0, 0.05) is 41.1 Å². The van der Waals surface area contributed by atoms with Gasteiger partial charge in [-0.2, -0.15) is 0 Å². The maximum absolute atomic E-state index is 11.2. The van der Waals surface area contributed by atoms with E-state index >= 15 is 0 Å². The van der Waals surface area contributed by atoms with E-state index in [-0.39, 0.29) is 25.4 Å². The Morgan fingerprint density at radius 2 is 1.03 bits per heavy atom. The van der Waals surface area contributed by atoms with Crippen LogP contribution in [0.4, 0.5) is 0 Å². The van der Waals surface area contributed by atoms with Crippen molar-refractivity contribution in [1.82, 2.24) is 4.57 Å². The summed E-state index contributed by atoms with van der Waals surface area (Å²) in [6, 6.07) is 17.4. The quantitative estimate of drug-likeness (QED) is 0.155. The molecule has 3 heterocycles. The number of rotatable bonds is 9. The normalized spacial score (nSPS) is 12.2. The van der Waals surface area contributed by atoms with Crippen LogP contribution in [-0.2, 0) is 22.2 Å². The summed E-state index contributed by atoms with van der Waals surface area (Å²) in [6.07, 6.45) is 6.69. The standard InChI is InChI=1S/C24H23Br2N3O6P2/c25-21-22(26)24(19-8-12-28(13-9-19)15-17-37(33,34)35)29(20-4-2-1-3-5-20)23(21)18-6-10-27(11-7-18)14-16-36(30,31)32/h1-13H,14-17H2,(H2-2,30,31,32,33,34,35)/p+2. The molecule has 0 atom stereocenters. The molecule has 0 aliphatic carbocycles. The van der Waals surface area contributed by atoms with Gasteiger partial charge >= 0.3 is 15.2 Å². The van der Waals surface area contributed by atoms with Gasteiger partial charge in [0.15, 0.2) is 37.9 Å². The number of aryl methyl sites for hydroxylation is 2. The fraction of sp³-hybridized carbons (Fsp3) is 0.167. The topological polar surface area (TPSA) is 128 Å². The summed E-state index contributed by atoms with van der Waals surface area (Å²) in [7, 11) is -8.18. The van der Waals surface area contributed by atoms with E-state index in [1.807, 2.05) is 54.6 Å². The van der Waals surface area contributed by atoms with E-state index in [4.69, 9.17) is 0 Å². The number of pyridine rings is 2. The first-order valence-corrected chi connectivity index (χ1v) is 16.3. The SMILES string of the molecule is O=P(O)(O)CC[n+]1ccc(-c2c(Br)c(Br)c(-c3cc[n+](CCP(=O)(O)O)cc3)n2-c2ccccc2)cc1. The van der Waals surface area contributed by atoms with Gasteiger partial charge < -0.3 is 24.1 Å². The molecule has 0 amide bonds. The van der Waals surface area contributed by atoms with Crippen molar-refractivity contribution >= 4 is 47.1 Å². The zero-order valence-electron chi connectivity index (χ0n) is 19.4. The molecule has 1 aromatic carbocycles. The number of para-hydroxylation sites is 1. The van der Waals surface area contributed by atoms with Crippen LogP contribution in [0.25, 0.3) is 28.2 Å². The highest BCUT2D eigenvalue weighted by molar-refractivity contribution is 9.13. The van der Waals surface area contributed by atoms with Crippen LogP contribution < -0.4 is 9.13 Å². The van der Waals surface area contributed by atoms with Crippen molar-refractivity contribution in [3.8, 4) is 28.2 Å². The molecule has 13 heteroatoms. The van der Waals surface area contributed by atoms with Gasteiger partial charge in [-0.05, 0) is 44.0 Å².